The highest BCUT2D eigenvalue weighted by Crippen LogP contribution is 2.47. The molecule has 0 saturated heterocycles. The maximum absolute atomic E-state index is 2.57. The minimum atomic E-state index is -1.44. The van der Waals surface area contributed by atoms with Crippen LogP contribution < -0.4 is 0 Å². The van der Waals surface area contributed by atoms with Crippen LogP contribution in [0, 0.1) is 0 Å². The molecule has 0 N–H and O–H groups in total. The van der Waals surface area contributed by atoms with Crippen LogP contribution in [0.15, 0.2) is 108 Å². The Kier molecular flexibility index (Phi) is 5.23. The number of hydrogen-bond acceptors (Lipinski definition) is 0. The average molecular weight is 455 g/mol. The fraction of sp³-hybridized carbons (Fsp3) is 0.152. The van der Waals surface area contributed by atoms with E-state index in [0.29, 0.717) is 0 Å². The summed E-state index contributed by atoms with van der Waals surface area (Å²) in [6, 6.07) is 35.7. The molecule has 0 radical (unpaired) electrons. The quantitative estimate of drug-likeness (QED) is 0.272. The molecule has 1 heteroatoms. The first-order valence-electron chi connectivity index (χ1n) is 12.4. The summed E-state index contributed by atoms with van der Waals surface area (Å²) in [5, 5.41) is 3.33. The number of hydrogen-bond donors (Lipinski definition) is 0. The summed E-state index contributed by atoms with van der Waals surface area (Å²) in [4.78, 5) is 0. The molecule has 6 rings (SSSR count). The van der Waals surface area contributed by atoms with Crippen LogP contribution in [-0.4, -0.2) is 8.80 Å². The minimum Gasteiger partial charge on any atom is -0.0690 e. The highest BCUT2D eigenvalue weighted by atomic mass is 28.3. The van der Waals surface area contributed by atoms with Gasteiger partial charge in [-0.25, -0.2) is 0 Å². The van der Waals surface area contributed by atoms with Gasteiger partial charge in [0.2, 0.25) is 0 Å². The molecule has 2 aliphatic carbocycles. The molecule has 0 atom stereocenters. The molecule has 0 aromatic heterocycles. The normalized spacial score (nSPS) is 14.7. The summed E-state index contributed by atoms with van der Waals surface area (Å²) >= 11 is 0. The molecule has 0 unspecified atom stereocenters. The van der Waals surface area contributed by atoms with Crippen molar-refractivity contribution >= 4 is 19.2 Å². The Labute approximate surface area is 204 Å². The van der Waals surface area contributed by atoms with E-state index < -0.39 is 8.80 Å². The zero-order chi connectivity index (χ0) is 23.2. The molecular formula is C33H30Si. The van der Waals surface area contributed by atoms with Crippen LogP contribution in [0.25, 0.3) is 32.6 Å². The molecule has 0 fully saturated rings. The van der Waals surface area contributed by atoms with Crippen LogP contribution in [0.2, 0.25) is 6.55 Å². The van der Waals surface area contributed by atoms with Gasteiger partial charge in [0, 0.05) is 0 Å². The maximum Gasteiger partial charge on any atom is 0.101 e. The molecule has 4 aromatic carbocycles. The van der Waals surface area contributed by atoms with Crippen LogP contribution in [0.3, 0.4) is 0 Å². The highest BCUT2D eigenvalue weighted by molar-refractivity contribution is 6.94. The van der Waals surface area contributed by atoms with Crippen LogP contribution in [0.1, 0.15) is 36.1 Å². The molecule has 0 nitrogen and oxygen atoms in total. The third kappa shape index (κ3) is 3.35. The number of rotatable bonds is 4. The van der Waals surface area contributed by atoms with Crippen LogP contribution in [0.5, 0.6) is 0 Å². The van der Waals surface area contributed by atoms with E-state index in [9.17, 15) is 0 Å². The highest BCUT2D eigenvalue weighted by Gasteiger charge is 2.33. The topological polar surface area (TPSA) is 0 Å². The van der Waals surface area contributed by atoms with E-state index in [1.54, 1.807) is 21.5 Å². The summed E-state index contributed by atoms with van der Waals surface area (Å²) in [5.74, 6) is 0. The Hall–Kier alpha value is -3.42. The van der Waals surface area contributed by atoms with Gasteiger partial charge in [0.1, 0.15) is 8.80 Å². The van der Waals surface area contributed by atoms with E-state index in [0.717, 1.165) is 12.8 Å². The first-order chi connectivity index (χ1) is 16.6. The minimum absolute atomic E-state index is 1.09. The molecular weight excluding hydrogens is 424 g/mol. The molecule has 0 aliphatic heterocycles. The van der Waals surface area contributed by atoms with Crippen molar-refractivity contribution in [2.24, 2.45) is 0 Å². The van der Waals surface area contributed by atoms with Crippen molar-refractivity contribution in [3.63, 3.8) is 0 Å². The molecule has 4 aromatic rings. The maximum atomic E-state index is 2.57. The predicted octanol–water partition coefficient (Wildman–Crippen LogP) is 8.32. The molecule has 166 valence electrons. The lowest BCUT2D eigenvalue weighted by Crippen LogP contribution is -2.16. The van der Waals surface area contributed by atoms with Gasteiger partial charge in [0.25, 0.3) is 0 Å². The van der Waals surface area contributed by atoms with Crippen LogP contribution in [0.4, 0.5) is 0 Å². The van der Waals surface area contributed by atoms with Crippen molar-refractivity contribution < 1.29 is 0 Å². The van der Waals surface area contributed by atoms with E-state index in [-0.39, 0.29) is 0 Å². The monoisotopic (exact) mass is 454 g/mol. The lowest BCUT2D eigenvalue weighted by molar-refractivity contribution is 1.19. The standard InChI is InChI=1S/C33H30Si/c1-22-20-26-16-10-18-28(24-12-6-4-7-13-24)30(26)32(22)34(3)33-23(2)21-27-17-11-19-29(31(27)33)25-14-8-5-9-15-25/h4-19,34H,20-21H2,1-3H3. The molecule has 0 bridgehead atoms. The van der Waals surface area contributed by atoms with Crippen molar-refractivity contribution in [2.75, 3.05) is 0 Å². The Bertz CT molecular complexity index is 1340. The number of fused-ring (bicyclic) bond motifs is 2. The summed E-state index contributed by atoms with van der Waals surface area (Å²) in [6.45, 7) is 7.33. The van der Waals surface area contributed by atoms with Crippen molar-refractivity contribution in [1.82, 2.24) is 0 Å². The second-order valence-electron chi connectivity index (χ2n) is 9.87. The average Bonchev–Trinajstić information content (AvgIpc) is 3.39. The fourth-order valence-electron chi connectivity index (χ4n) is 6.35. The molecule has 2 aliphatic rings. The summed E-state index contributed by atoms with van der Waals surface area (Å²) in [6.07, 6.45) is 2.17. The van der Waals surface area contributed by atoms with Crippen molar-refractivity contribution in [2.45, 2.75) is 33.2 Å². The van der Waals surface area contributed by atoms with E-state index in [2.05, 4.69) is 117 Å². The van der Waals surface area contributed by atoms with Crippen molar-refractivity contribution in [1.29, 1.82) is 0 Å². The first-order valence-corrected chi connectivity index (χ1v) is 14.7. The van der Waals surface area contributed by atoms with Crippen LogP contribution in [-0.2, 0) is 12.8 Å². The molecule has 0 amide bonds. The van der Waals surface area contributed by atoms with E-state index in [4.69, 9.17) is 0 Å². The third-order valence-electron chi connectivity index (χ3n) is 7.71. The van der Waals surface area contributed by atoms with E-state index in [1.807, 2.05) is 0 Å². The van der Waals surface area contributed by atoms with Gasteiger partial charge in [-0.05, 0) is 71.2 Å². The second-order valence-corrected chi connectivity index (χ2v) is 12.5. The molecule has 0 spiro atoms. The predicted molar refractivity (Wildman–Crippen MR) is 149 cm³/mol. The Morgan fingerprint density at radius 2 is 0.912 bits per heavy atom. The van der Waals surface area contributed by atoms with Gasteiger partial charge in [-0.3, -0.25) is 0 Å². The van der Waals surface area contributed by atoms with Gasteiger partial charge in [-0.15, -0.1) is 0 Å². The lowest BCUT2D eigenvalue weighted by atomic mass is 9.97. The van der Waals surface area contributed by atoms with E-state index >= 15 is 0 Å². The summed E-state index contributed by atoms with van der Waals surface area (Å²) < 4.78 is 0. The van der Waals surface area contributed by atoms with E-state index in [1.165, 1.54) is 44.5 Å². The van der Waals surface area contributed by atoms with Gasteiger partial charge in [0.05, 0.1) is 0 Å². The summed E-state index contributed by atoms with van der Waals surface area (Å²) in [7, 11) is -1.44. The second kappa shape index (κ2) is 8.41. The van der Waals surface area contributed by atoms with Gasteiger partial charge in [-0.2, -0.15) is 0 Å². The molecule has 34 heavy (non-hydrogen) atoms. The number of benzene rings is 4. The third-order valence-corrected chi connectivity index (χ3v) is 11.0. The number of allylic oxidation sites excluding steroid dienone is 2. The zero-order valence-corrected chi connectivity index (χ0v) is 21.4. The first kappa shape index (κ1) is 21.1. The Morgan fingerprint density at radius 3 is 1.32 bits per heavy atom. The molecule has 0 heterocycles. The zero-order valence-electron chi connectivity index (χ0n) is 20.2. The van der Waals surface area contributed by atoms with Gasteiger partial charge < -0.3 is 0 Å². The fourth-order valence-corrected chi connectivity index (χ4v) is 9.87. The van der Waals surface area contributed by atoms with Gasteiger partial charge in [0.15, 0.2) is 0 Å². The Balaban J connectivity index is 1.51. The Morgan fingerprint density at radius 1 is 0.500 bits per heavy atom. The van der Waals surface area contributed by atoms with Gasteiger partial charge in [-0.1, -0.05) is 125 Å². The van der Waals surface area contributed by atoms with Crippen molar-refractivity contribution in [3.05, 3.63) is 130 Å². The summed E-state index contributed by atoms with van der Waals surface area (Å²) in [5.41, 5.74) is 14.7. The smallest absolute Gasteiger partial charge is 0.0690 e. The molecule has 0 saturated carbocycles. The van der Waals surface area contributed by atoms with Crippen LogP contribution >= 0.6 is 0 Å². The largest absolute Gasteiger partial charge is 0.101 e. The SMILES string of the molecule is CC1=C([SiH](C)C2=C(C)Cc3cccc(-c4ccccc4)c32)c2c(cccc2-c2ccccc2)C1. The van der Waals surface area contributed by atoms with Crippen molar-refractivity contribution in [3.8, 4) is 22.3 Å². The lowest BCUT2D eigenvalue weighted by Gasteiger charge is -2.23. The van der Waals surface area contributed by atoms with Gasteiger partial charge >= 0.3 is 0 Å².